The summed E-state index contributed by atoms with van der Waals surface area (Å²) in [7, 11) is 0. The number of aliphatic hydroxyl groups is 1. The lowest BCUT2D eigenvalue weighted by molar-refractivity contribution is 0.0575. The molecule has 18 heavy (non-hydrogen) atoms. The fourth-order valence-corrected chi connectivity index (χ4v) is 2.09. The van der Waals surface area contributed by atoms with Gasteiger partial charge in [0.2, 0.25) is 0 Å². The highest BCUT2D eigenvalue weighted by molar-refractivity contribution is 5.22. The molecule has 96 valence electrons. The Hall–Kier alpha value is -1.61. The van der Waals surface area contributed by atoms with Crippen molar-refractivity contribution in [3.8, 4) is 0 Å². The number of aromatic nitrogens is 2. The summed E-state index contributed by atoms with van der Waals surface area (Å²) < 4.78 is 1.88. The van der Waals surface area contributed by atoms with E-state index in [0.717, 1.165) is 24.1 Å². The molecule has 1 aromatic carbocycles. The highest BCUT2D eigenvalue weighted by Gasteiger charge is 2.25. The molecule has 1 unspecified atom stereocenters. The third-order valence-corrected chi connectivity index (χ3v) is 3.10. The normalized spacial score (nSPS) is 14.4. The lowest BCUT2D eigenvalue weighted by Gasteiger charge is -2.21. The van der Waals surface area contributed by atoms with Crippen LogP contribution in [0.4, 0.5) is 0 Å². The molecule has 1 aromatic heterocycles. The van der Waals surface area contributed by atoms with Gasteiger partial charge >= 0.3 is 0 Å². The van der Waals surface area contributed by atoms with Gasteiger partial charge in [-0.3, -0.25) is 4.68 Å². The summed E-state index contributed by atoms with van der Waals surface area (Å²) in [5, 5.41) is 14.8. The van der Waals surface area contributed by atoms with Gasteiger partial charge in [-0.05, 0) is 18.9 Å². The lowest BCUT2D eigenvalue weighted by atomic mass is 9.91. The third-order valence-electron chi connectivity index (χ3n) is 3.10. The SMILES string of the molecule is CCCn1cc(C(C)(O)Cc2ccccc2)cn1. The quantitative estimate of drug-likeness (QED) is 0.878. The van der Waals surface area contributed by atoms with E-state index in [0.29, 0.717) is 6.42 Å². The molecule has 0 saturated carbocycles. The van der Waals surface area contributed by atoms with Crippen molar-refractivity contribution in [2.75, 3.05) is 0 Å². The molecule has 2 aromatic rings. The molecule has 0 saturated heterocycles. The summed E-state index contributed by atoms with van der Waals surface area (Å²) in [6.45, 7) is 4.85. The van der Waals surface area contributed by atoms with Crippen LogP contribution in [0.3, 0.4) is 0 Å². The molecule has 3 heteroatoms. The van der Waals surface area contributed by atoms with Crippen LogP contribution in [0.25, 0.3) is 0 Å². The van der Waals surface area contributed by atoms with Gasteiger partial charge in [0.1, 0.15) is 0 Å². The zero-order valence-electron chi connectivity index (χ0n) is 11.0. The van der Waals surface area contributed by atoms with Gasteiger partial charge in [0.05, 0.1) is 11.8 Å². The van der Waals surface area contributed by atoms with Gasteiger partial charge in [-0.1, -0.05) is 37.3 Å². The van der Waals surface area contributed by atoms with E-state index in [4.69, 9.17) is 0 Å². The average molecular weight is 244 g/mol. The fraction of sp³-hybridized carbons (Fsp3) is 0.400. The van der Waals surface area contributed by atoms with E-state index in [1.54, 1.807) is 6.20 Å². The van der Waals surface area contributed by atoms with Crippen LogP contribution in [0, 0.1) is 0 Å². The first-order chi connectivity index (χ1) is 8.62. The van der Waals surface area contributed by atoms with Crippen LogP contribution >= 0.6 is 0 Å². The second-order valence-electron chi connectivity index (χ2n) is 4.93. The fourth-order valence-electron chi connectivity index (χ4n) is 2.09. The number of hydrogen-bond donors (Lipinski definition) is 1. The van der Waals surface area contributed by atoms with E-state index >= 15 is 0 Å². The molecule has 0 aliphatic heterocycles. The van der Waals surface area contributed by atoms with Gasteiger partial charge in [-0.25, -0.2) is 0 Å². The first-order valence-electron chi connectivity index (χ1n) is 6.41. The average Bonchev–Trinajstić information content (AvgIpc) is 2.80. The molecule has 1 atom stereocenters. The van der Waals surface area contributed by atoms with E-state index in [9.17, 15) is 5.11 Å². The van der Waals surface area contributed by atoms with E-state index < -0.39 is 5.60 Å². The van der Waals surface area contributed by atoms with Crippen molar-refractivity contribution in [2.24, 2.45) is 0 Å². The first-order valence-corrected chi connectivity index (χ1v) is 6.41. The van der Waals surface area contributed by atoms with Crippen LogP contribution < -0.4 is 0 Å². The highest BCUT2D eigenvalue weighted by atomic mass is 16.3. The summed E-state index contributed by atoms with van der Waals surface area (Å²) in [6, 6.07) is 10.0. The monoisotopic (exact) mass is 244 g/mol. The summed E-state index contributed by atoms with van der Waals surface area (Å²) in [5.41, 5.74) is 1.14. The maximum atomic E-state index is 10.6. The second-order valence-corrected chi connectivity index (χ2v) is 4.93. The Morgan fingerprint density at radius 2 is 2.00 bits per heavy atom. The number of aryl methyl sites for hydroxylation is 1. The predicted molar refractivity (Wildman–Crippen MR) is 72.2 cm³/mol. The summed E-state index contributed by atoms with van der Waals surface area (Å²) in [4.78, 5) is 0. The van der Waals surface area contributed by atoms with Crippen molar-refractivity contribution < 1.29 is 5.11 Å². The Kier molecular flexibility index (Phi) is 3.82. The van der Waals surface area contributed by atoms with Crippen LogP contribution in [-0.2, 0) is 18.6 Å². The minimum atomic E-state index is -0.868. The molecule has 1 N–H and O–H groups in total. The highest BCUT2D eigenvalue weighted by Crippen LogP contribution is 2.24. The Balaban J connectivity index is 2.14. The van der Waals surface area contributed by atoms with Crippen LogP contribution in [0.5, 0.6) is 0 Å². The molecule has 0 aliphatic carbocycles. The molecule has 0 spiro atoms. The summed E-state index contributed by atoms with van der Waals surface area (Å²) in [6.07, 6.45) is 5.35. The van der Waals surface area contributed by atoms with Gasteiger partial charge in [-0.15, -0.1) is 0 Å². The molecule has 0 fully saturated rings. The topological polar surface area (TPSA) is 38.0 Å². The van der Waals surface area contributed by atoms with E-state index in [-0.39, 0.29) is 0 Å². The molecule has 0 radical (unpaired) electrons. The van der Waals surface area contributed by atoms with Crippen molar-refractivity contribution in [1.29, 1.82) is 0 Å². The Bertz CT molecular complexity index is 488. The zero-order valence-corrected chi connectivity index (χ0v) is 11.0. The zero-order chi connectivity index (χ0) is 13.0. The largest absolute Gasteiger partial charge is 0.385 e. The lowest BCUT2D eigenvalue weighted by Crippen LogP contribution is -2.23. The Morgan fingerprint density at radius 1 is 1.28 bits per heavy atom. The Morgan fingerprint density at radius 3 is 2.67 bits per heavy atom. The van der Waals surface area contributed by atoms with Gasteiger partial charge in [0.25, 0.3) is 0 Å². The van der Waals surface area contributed by atoms with Crippen molar-refractivity contribution in [2.45, 2.75) is 38.8 Å². The molecular weight excluding hydrogens is 224 g/mol. The van der Waals surface area contributed by atoms with E-state index in [1.807, 2.05) is 48.1 Å². The minimum absolute atomic E-state index is 0.603. The molecule has 3 nitrogen and oxygen atoms in total. The summed E-state index contributed by atoms with van der Waals surface area (Å²) >= 11 is 0. The van der Waals surface area contributed by atoms with Crippen LogP contribution in [0.2, 0.25) is 0 Å². The van der Waals surface area contributed by atoms with Crippen molar-refractivity contribution >= 4 is 0 Å². The van der Waals surface area contributed by atoms with Crippen LogP contribution in [0.1, 0.15) is 31.4 Å². The number of benzene rings is 1. The molecule has 0 bridgehead atoms. The van der Waals surface area contributed by atoms with Crippen molar-refractivity contribution in [3.05, 3.63) is 53.9 Å². The molecule has 1 heterocycles. The maximum absolute atomic E-state index is 10.6. The number of rotatable bonds is 5. The van der Waals surface area contributed by atoms with Crippen LogP contribution in [0.15, 0.2) is 42.7 Å². The number of hydrogen-bond acceptors (Lipinski definition) is 2. The third kappa shape index (κ3) is 2.99. The summed E-state index contributed by atoms with van der Waals surface area (Å²) in [5.74, 6) is 0. The Labute approximate surface area is 108 Å². The van der Waals surface area contributed by atoms with Crippen LogP contribution in [-0.4, -0.2) is 14.9 Å². The van der Waals surface area contributed by atoms with E-state index in [2.05, 4.69) is 12.0 Å². The smallest absolute Gasteiger partial charge is 0.0939 e. The predicted octanol–water partition coefficient (Wildman–Crippen LogP) is 2.74. The molecule has 0 amide bonds. The minimum Gasteiger partial charge on any atom is -0.385 e. The van der Waals surface area contributed by atoms with Gasteiger partial charge < -0.3 is 5.11 Å². The van der Waals surface area contributed by atoms with Gasteiger partial charge in [0, 0.05) is 24.7 Å². The maximum Gasteiger partial charge on any atom is 0.0939 e. The van der Waals surface area contributed by atoms with Crippen molar-refractivity contribution in [1.82, 2.24) is 9.78 Å². The molecule has 2 rings (SSSR count). The van der Waals surface area contributed by atoms with E-state index in [1.165, 1.54) is 0 Å². The number of nitrogens with zero attached hydrogens (tertiary/aromatic N) is 2. The molecular formula is C15H20N2O. The van der Waals surface area contributed by atoms with Gasteiger partial charge in [0.15, 0.2) is 0 Å². The second kappa shape index (κ2) is 5.36. The molecule has 0 aliphatic rings. The van der Waals surface area contributed by atoms with Crippen molar-refractivity contribution in [3.63, 3.8) is 0 Å². The first kappa shape index (κ1) is 12.8. The van der Waals surface area contributed by atoms with Gasteiger partial charge in [-0.2, -0.15) is 5.10 Å². The standard InChI is InChI=1S/C15H20N2O/c1-3-9-17-12-14(11-16-17)15(2,18)10-13-7-5-4-6-8-13/h4-8,11-12,18H,3,9-10H2,1-2H3.